The van der Waals surface area contributed by atoms with Gasteiger partial charge in [0, 0.05) is 6.92 Å². The fourth-order valence-electron chi connectivity index (χ4n) is 0.715. The van der Waals surface area contributed by atoms with Crippen molar-refractivity contribution in [2.24, 2.45) is 0 Å². The Hall–Kier alpha value is -1.53. The van der Waals surface area contributed by atoms with Crippen molar-refractivity contribution in [2.45, 2.75) is 13.1 Å². The first-order valence-corrected chi connectivity index (χ1v) is 3.20. The van der Waals surface area contributed by atoms with Crippen LogP contribution in [-0.4, -0.2) is 16.2 Å². The molecule has 0 aliphatic rings. The Bertz CT molecular complexity index is 318. The van der Waals surface area contributed by atoms with E-state index in [1.807, 2.05) is 5.10 Å². The molecule has 0 bridgehead atoms. The number of esters is 1. The highest BCUT2D eigenvalue weighted by molar-refractivity contribution is 5.69. The molecule has 0 unspecified atom stereocenters. The van der Waals surface area contributed by atoms with Crippen molar-refractivity contribution >= 4 is 5.97 Å². The molecule has 0 spiro atoms. The lowest BCUT2D eigenvalue weighted by Gasteiger charge is -2.04. The zero-order valence-electron chi connectivity index (χ0n) is 6.47. The second kappa shape index (κ2) is 3.08. The molecule has 0 fully saturated rings. The van der Waals surface area contributed by atoms with E-state index in [1.165, 1.54) is 0 Å². The zero-order chi connectivity index (χ0) is 10.1. The molecule has 0 aliphatic heterocycles. The van der Waals surface area contributed by atoms with Gasteiger partial charge >= 0.3 is 12.1 Å². The molecule has 13 heavy (non-hydrogen) atoms. The fourth-order valence-corrected chi connectivity index (χ4v) is 0.715. The number of H-pyrrole nitrogens is 1. The number of ether oxygens (including phenoxy) is 1. The average Bonchev–Trinajstić information content (AvgIpc) is 2.31. The first-order chi connectivity index (χ1) is 5.91. The van der Waals surface area contributed by atoms with Gasteiger partial charge in [0.25, 0.3) is 0 Å². The number of alkyl halides is 3. The van der Waals surface area contributed by atoms with E-state index < -0.39 is 23.6 Å². The maximum absolute atomic E-state index is 12.1. The van der Waals surface area contributed by atoms with Crippen molar-refractivity contribution in [2.75, 3.05) is 0 Å². The first-order valence-electron chi connectivity index (χ1n) is 3.20. The van der Waals surface area contributed by atoms with Gasteiger partial charge in [0.15, 0.2) is 5.75 Å². The van der Waals surface area contributed by atoms with E-state index in [9.17, 15) is 18.0 Å². The standard InChI is InChI=1S/C6H5F3N2O2/c1-3(12)13-4-2-10-11-5(4)6(7,8)9/h2H,1H3,(H,10,11). The van der Waals surface area contributed by atoms with Crippen molar-refractivity contribution in [3.8, 4) is 5.75 Å². The molecule has 1 heterocycles. The average molecular weight is 194 g/mol. The monoisotopic (exact) mass is 194 g/mol. The molecule has 4 nitrogen and oxygen atoms in total. The topological polar surface area (TPSA) is 55.0 Å². The number of carbonyl (C=O) groups is 1. The summed E-state index contributed by atoms with van der Waals surface area (Å²) in [5, 5.41) is 4.88. The third kappa shape index (κ3) is 2.20. The third-order valence-electron chi connectivity index (χ3n) is 1.13. The summed E-state index contributed by atoms with van der Waals surface area (Å²) in [6.07, 6.45) is -3.75. The Kier molecular flexibility index (Phi) is 2.26. The van der Waals surface area contributed by atoms with E-state index in [0.29, 0.717) is 0 Å². The quantitative estimate of drug-likeness (QED) is 0.686. The van der Waals surface area contributed by atoms with E-state index in [0.717, 1.165) is 13.1 Å². The van der Waals surface area contributed by atoms with Crippen molar-refractivity contribution in [3.05, 3.63) is 11.9 Å². The molecular formula is C6H5F3N2O2. The highest BCUT2D eigenvalue weighted by Crippen LogP contribution is 2.33. The van der Waals surface area contributed by atoms with Gasteiger partial charge < -0.3 is 4.74 Å². The second-order valence-electron chi connectivity index (χ2n) is 2.19. The van der Waals surface area contributed by atoms with Crippen LogP contribution in [0.15, 0.2) is 6.20 Å². The van der Waals surface area contributed by atoms with Crippen LogP contribution in [-0.2, 0) is 11.0 Å². The van der Waals surface area contributed by atoms with Gasteiger partial charge in [0.05, 0.1) is 6.20 Å². The van der Waals surface area contributed by atoms with Crippen LogP contribution in [0.1, 0.15) is 12.6 Å². The van der Waals surface area contributed by atoms with Gasteiger partial charge in [-0.25, -0.2) is 0 Å². The zero-order valence-corrected chi connectivity index (χ0v) is 6.47. The van der Waals surface area contributed by atoms with E-state index in [2.05, 4.69) is 9.84 Å². The second-order valence-corrected chi connectivity index (χ2v) is 2.19. The summed E-state index contributed by atoms with van der Waals surface area (Å²) < 4.78 is 40.4. The summed E-state index contributed by atoms with van der Waals surface area (Å²) in [4.78, 5) is 10.4. The van der Waals surface area contributed by atoms with E-state index >= 15 is 0 Å². The Morgan fingerprint density at radius 1 is 1.62 bits per heavy atom. The van der Waals surface area contributed by atoms with Gasteiger partial charge in [-0.15, -0.1) is 0 Å². The Morgan fingerprint density at radius 2 is 2.23 bits per heavy atom. The molecule has 0 radical (unpaired) electrons. The predicted octanol–water partition coefficient (Wildman–Crippen LogP) is 1.35. The molecule has 1 aromatic heterocycles. The highest BCUT2D eigenvalue weighted by Gasteiger charge is 2.37. The molecule has 0 saturated heterocycles. The minimum absolute atomic E-state index is 0.611. The van der Waals surface area contributed by atoms with Gasteiger partial charge in [-0.05, 0) is 0 Å². The summed E-state index contributed by atoms with van der Waals surface area (Å²) >= 11 is 0. The van der Waals surface area contributed by atoms with Crippen LogP contribution in [0.2, 0.25) is 0 Å². The smallest absolute Gasteiger partial charge is 0.423 e. The molecule has 1 rings (SSSR count). The summed E-state index contributed by atoms with van der Waals surface area (Å²) in [5.74, 6) is -1.44. The van der Waals surface area contributed by atoms with Crippen LogP contribution < -0.4 is 4.74 Å². The van der Waals surface area contributed by atoms with E-state index in [4.69, 9.17) is 0 Å². The molecular weight excluding hydrogens is 189 g/mol. The summed E-state index contributed by atoms with van der Waals surface area (Å²) in [6, 6.07) is 0. The highest BCUT2D eigenvalue weighted by atomic mass is 19.4. The van der Waals surface area contributed by atoms with Crippen molar-refractivity contribution < 1.29 is 22.7 Å². The van der Waals surface area contributed by atoms with Crippen LogP contribution in [0.3, 0.4) is 0 Å². The number of carbonyl (C=O) groups excluding carboxylic acids is 1. The number of aromatic amines is 1. The number of rotatable bonds is 1. The number of nitrogens with one attached hydrogen (secondary N) is 1. The van der Waals surface area contributed by atoms with E-state index in [1.54, 1.807) is 0 Å². The van der Waals surface area contributed by atoms with Crippen molar-refractivity contribution in [1.29, 1.82) is 0 Å². The summed E-state index contributed by atoms with van der Waals surface area (Å²) in [6.45, 7) is 1.01. The molecule has 0 amide bonds. The van der Waals surface area contributed by atoms with E-state index in [-0.39, 0.29) is 0 Å². The number of aromatic nitrogens is 2. The van der Waals surface area contributed by atoms with Crippen LogP contribution in [0.5, 0.6) is 5.75 Å². The van der Waals surface area contributed by atoms with Gasteiger partial charge in [0.1, 0.15) is 0 Å². The molecule has 0 aromatic carbocycles. The third-order valence-corrected chi connectivity index (χ3v) is 1.13. The van der Waals surface area contributed by atoms with Crippen LogP contribution in [0, 0.1) is 0 Å². The number of hydrogen-bond donors (Lipinski definition) is 1. The van der Waals surface area contributed by atoms with Gasteiger partial charge in [-0.2, -0.15) is 18.3 Å². The normalized spacial score (nSPS) is 11.4. The Labute approximate surface area is 70.7 Å². The minimum Gasteiger partial charge on any atom is -0.423 e. The SMILES string of the molecule is CC(=O)Oc1c[nH]nc1C(F)(F)F. The van der Waals surface area contributed by atoms with Crippen LogP contribution in [0.25, 0.3) is 0 Å². The maximum Gasteiger partial charge on any atom is 0.438 e. The van der Waals surface area contributed by atoms with Crippen LogP contribution in [0.4, 0.5) is 13.2 Å². The lowest BCUT2D eigenvalue weighted by molar-refractivity contribution is -0.144. The molecule has 1 N–H and O–H groups in total. The Balaban J connectivity index is 2.96. The van der Waals surface area contributed by atoms with Crippen molar-refractivity contribution in [1.82, 2.24) is 10.2 Å². The van der Waals surface area contributed by atoms with Crippen molar-refractivity contribution in [3.63, 3.8) is 0 Å². The predicted molar refractivity (Wildman–Crippen MR) is 34.9 cm³/mol. The molecule has 7 heteroatoms. The Morgan fingerprint density at radius 3 is 2.69 bits per heavy atom. The molecule has 0 atom stereocenters. The number of nitrogens with zero attached hydrogens (tertiary/aromatic N) is 1. The lowest BCUT2D eigenvalue weighted by Crippen LogP contribution is -2.10. The maximum atomic E-state index is 12.1. The molecule has 1 aromatic rings. The number of hydrogen-bond acceptors (Lipinski definition) is 3. The number of halogens is 3. The lowest BCUT2D eigenvalue weighted by atomic mass is 10.4. The van der Waals surface area contributed by atoms with Gasteiger partial charge in [-0.1, -0.05) is 0 Å². The van der Waals surface area contributed by atoms with Gasteiger partial charge in [-0.3, -0.25) is 9.89 Å². The first kappa shape index (κ1) is 9.56. The minimum atomic E-state index is -4.62. The molecule has 0 aliphatic carbocycles. The molecule has 0 saturated carbocycles. The summed E-state index contributed by atoms with van der Waals surface area (Å²) in [5.41, 5.74) is -1.23. The summed E-state index contributed by atoms with van der Waals surface area (Å²) in [7, 11) is 0. The van der Waals surface area contributed by atoms with Gasteiger partial charge in [0.2, 0.25) is 5.69 Å². The van der Waals surface area contributed by atoms with Crippen LogP contribution >= 0.6 is 0 Å². The fraction of sp³-hybridized carbons (Fsp3) is 0.333. The molecule has 72 valence electrons. The largest absolute Gasteiger partial charge is 0.438 e.